The number of carbonyl (C=O) groups excluding carboxylic acids is 3. The topological polar surface area (TPSA) is 93.5 Å². The first kappa shape index (κ1) is 27.0. The van der Waals surface area contributed by atoms with Crippen LogP contribution in [0.15, 0.2) is 18.2 Å². The lowest BCUT2D eigenvalue weighted by Crippen LogP contribution is -2.63. The van der Waals surface area contributed by atoms with Crippen LogP contribution >= 0.6 is 0 Å². The highest BCUT2D eigenvalue weighted by molar-refractivity contribution is 6.02. The van der Waals surface area contributed by atoms with Gasteiger partial charge < -0.3 is 4.74 Å². The molecule has 0 saturated carbocycles. The lowest BCUT2D eigenvalue weighted by atomic mass is 9.72. The molecular formula is C27H36F2N4O4. The van der Waals surface area contributed by atoms with Gasteiger partial charge >= 0.3 is 6.09 Å². The number of carbonyl (C=O) groups is 3. The highest BCUT2D eigenvalue weighted by Crippen LogP contribution is 2.50. The molecule has 3 amide bonds. The third-order valence-corrected chi connectivity index (χ3v) is 7.12. The molecule has 3 atom stereocenters. The second kappa shape index (κ2) is 9.06. The monoisotopic (exact) mass is 518 g/mol. The fourth-order valence-corrected chi connectivity index (χ4v) is 5.67. The summed E-state index contributed by atoms with van der Waals surface area (Å²) in [6, 6.07) is 3.74. The van der Waals surface area contributed by atoms with E-state index >= 15 is 8.78 Å². The van der Waals surface area contributed by atoms with Crippen molar-refractivity contribution in [3.05, 3.63) is 29.5 Å². The van der Waals surface area contributed by atoms with Crippen molar-refractivity contribution in [3.8, 4) is 0 Å². The first-order chi connectivity index (χ1) is 17.0. The molecule has 4 rings (SSSR count). The van der Waals surface area contributed by atoms with Crippen LogP contribution in [0.4, 0.5) is 13.6 Å². The van der Waals surface area contributed by atoms with Gasteiger partial charge in [-0.1, -0.05) is 32.9 Å². The maximum atomic E-state index is 16.3. The molecule has 3 heterocycles. The Hall–Kier alpha value is -3.04. The van der Waals surface area contributed by atoms with Crippen LogP contribution < -0.4 is 5.32 Å². The number of nitrogens with one attached hydrogen (secondary N) is 1. The van der Waals surface area contributed by atoms with Gasteiger partial charge in [-0.05, 0) is 50.7 Å². The second-order valence-corrected chi connectivity index (χ2v) is 12.2. The maximum absolute atomic E-state index is 16.3. The lowest BCUT2D eigenvalue weighted by molar-refractivity contribution is -0.157. The molecule has 2 aliphatic heterocycles. The number of piperidine rings is 2. The van der Waals surface area contributed by atoms with Crippen LogP contribution in [0, 0.1) is 5.41 Å². The van der Waals surface area contributed by atoms with Crippen LogP contribution in [0.2, 0.25) is 0 Å². The minimum Gasteiger partial charge on any atom is -0.444 e. The van der Waals surface area contributed by atoms with Crippen molar-refractivity contribution in [2.45, 2.75) is 90.2 Å². The molecule has 202 valence electrons. The number of ether oxygens (including phenoxy) is 1. The minimum atomic E-state index is -3.23. The van der Waals surface area contributed by atoms with Gasteiger partial charge in [0.05, 0.1) is 23.0 Å². The molecule has 2 aliphatic rings. The summed E-state index contributed by atoms with van der Waals surface area (Å²) in [5.74, 6) is -5.62. The number of fused-ring (bicyclic) bond motifs is 1. The number of benzene rings is 1. The van der Waals surface area contributed by atoms with E-state index in [9.17, 15) is 14.4 Å². The summed E-state index contributed by atoms with van der Waals surface area (Å²) in [4.78, 5) is 38.1. The molecule has 1 aromatic carbocycles. The van der Waals surface area contributed by atoms with Gasteiger partial charge in [0.2, 0.25) is 11.8 Å². The summed E-state index contributed by atoms with van der Waals surface area (Å²) in [6.07, 6.45) is -0.0835. The van der Waals surface area contributed by atoms with Crippen molar-refractivity contribution >= 4 is 28.8 Å². The Morgan fingerprint density at radius 2 is 1.81 bits per heavy atom. The number of halogens is 2. The Balaban J connectivity index is 1.70. The van der Waals surface area contributed by atoms with Crippen molar-refractivity contribution in [2.24, 2.45) is 12.5 Å². The number of nitrogens with zero attached hydrogens (tertiary/aromatic N) is 3. The van der Waals surface area contributed by atoms with Gasteiger partial charge in [-0.15, -0.1) is 0 Å². The van der Waals surface area contributed by atoms with E-state index < -0.39 is 46.8 Å². The molecule has 0 bridgehead atoms. The lowest BCUT2D eigenvalue weighted by Gasteiger charge is -2.50. The molecule has 2 saturated heterocycles. The molecule has 2 fully saturated rings. The van der Waals surface area contributed by atoms with Crippen LogP contribution in [0.3, 0.4) is 0 Å². The van der Waals surface area contributed by atoms with Crippen LogP contribution in [0.25, 0.3) is 10.9 Å². The summed E-state index contributed by atoms with van der Waals surface area (Å²) < 4.78 is 39.6. The highest BCUT2D eigenvalue weighted by atomic mass is 19.3. The zero-order valence-electron chi connectivity index (χ0n) is 22.5. The molecule has 3 unspecified atom stereocenters. The molecule has 0 aliphatic carbocycles. The summed E-state index contributed by atoms with van der Waals surface area (Å²) in [5, 5.41) is 7.57. The number of imide groups is 1. The molecule has 2 aromatic rings. The van der Waals surface area contributed by atoms with Crippen molar-refractivity contribution in [3.63, 3.8) is 0 Å². The Kier molecular flexibility index (Phi) is 6.61. The van der Waals surface area contributed by atoms with E-state index in [0.717, 1.165) is 0 Å². The fourth-order valence-electron chi connectivity index (χ4n) is 5.67. The van der Waals surface area contributed by atoms with Gasteiger partial charge in [-0.25, -0.2) is 13.6 Å². The molecule has 10 heteroatoms. The average Bonchev–Trinajstić information content (AvgIpc) is 3.06. The SMILES string of the molecule is Cn1nc(C2CCC(=O)NC2=O)c2ccc(C3CCN(C(=O)OC(C)(C)C)C(C(C)(C)C)C3(F)F)cc21. The van der Waals surface area contributed by atoms with Crippen molar-refractivity contribution in [1.82, 2.24) is 20.0 Å². The van der Waals surface area contributed by atoms with Gasteiger partial charge in [-0.3, -0.25) is 24.5 Å². The van der Waals surface area contributed by atoms with E-state index in [1.165, 1.54) is 4.90 Å². The summed E-state index contributed by atoms with van der Waals surface area (Å²) in [7, 11) is 1.71. The molecule has 1 N–H and O–H groups in total. The van der Waals surface area contributed by atoms with Gasteiger partial charge in [0.25, 0.3) is 5.92 Å². The standard InChI is InChI=1S/C27H36F2N4O4/c1-25(2,3)23-27(28,29)18(12-13-33(23)24(36)37-26(4,5)6)15-8-9-16-19(14-15)32(7)31-21(16)17-10-11-20(34)30-22(17)35/h8-9,14,17-18,23H,10-13H2,1-7H3,(H,30,34,35). The van der Waals surface area contributed by atoms with Gasteiger partial charge in [-0.2, -0.15) is 5.10 Å². The van der Waals surface area contributed by atoms with Gasteiger partial charge in [0, 0.05) is 25.4 Å². The molecule has 0 radical (unpaired) electrons. The Labute approximate surface area is 215 Å². The number of hydrogen-bond donors (Lipinski definition) is 1. The molecule has 1 aromatic heterocycles. The van der Waals surface area contributed by atoms with Crippen LogP contribution in [0.1, 0.15) is 83.9 Å². The molecular weight excluding hydrogens is 482 g/mol. The van der Waals surface area contributed by atoms with Crippen LogP contribution in [-0.2, 0) is 21.4 Å². The third-order valence-electron chi connectivity index (χ3n) is 7.12. The van der Waals surface area contributed by atoms with Crippen molar-refractivity contribution in [2.75, 3.05) is 6.54 Å². The quantitative estimate of drug-likeness (QED) is 0.573. The Bertz CT molecular complexity index is 1240. The minimum absolute atomic E-state index is 0.0716. The highest BCUT2D eigenvalue weighted by Gasteiger charge is 2.59. The van der Waals surface area contributed by atoms with Gasteiger partial charge in [0.1, 0.15) is 11.6 Å². The number of amides is 3. The smallest absolute Gasteiger partial charge is 0.410 e. The van der Waals surface area contributed by atoms with Crippen molar-refractivity contribution in [1.29, 1.82) is 0 Å². The third kappa shape index (κ3) is 5.07. The van der Waals surface area contributed by atoms with Crippen LogP contribution in [0.5, 0.6) is 0 Å². The number of alkyl halides is 2. The normalized spacial score (nSPS) is 24.8. The Morgan fingerprint density at radius 3 is 2.41 bits per heavy atom. The number of aromatic nitrogens is 2. The molecule has 0 spiro atoms. The van der Waals surface area contributed by atoms with Crippen LogP contribution in [-0.4, -0.2) is 56.7 Å². The number of likely N-dealkylation sites (tertiary alicyclic amines) is 1. The molecule has 8 nitrogen and oxygen atoms in total. The summed E-state index contributed by atoms with van der Waals surface area (Å²) in [5.41, 5.74) is -0.0816. The van der Waals surface area contributed by atoms with Gasteiger partial charge in [0.15, 0.2) is 0 Å². The fraction of sp³-hybridized carbons (Fsp3) is 0.630. The Morgan fingerprint density at radius 1 is 1.14 bits per heavy atom. The summed E-state index contributed by atoms with van der Waals surface area (Å²) in [6.45, 7) is 10.4. The second-order valence-electron chi connectivity index (χ2n) is 12.2. The number of rotatable bonds is 2. The molecule has 37 heavy (non-hydrogen) atoms. The van der Waals surface area contributed by atoms with E-state index in [1.807, 2.05) is 0 Å². The largest absolute Gasteiger partial charge is 0.444 e. The van der Waals surface area contributed by atoms with Crippen molar-refractivity contribution < 1.29 is 27.9 Å². The average molecular weight is 519 g/mol. The van der Waals surface area contributed by atoms with E-state index in [1.54, 1.807) is 71.5 Å². The van der Waals surface area contributed by atoms with E-state index in [4.69, 9.17) is 4.74 Å². The zero-order valence-corrected chi connectivity index (χ0v) is 22.5. The first-order valence-electron chi connectivity index (χ1n) is 12.7. The predicted octanol–water partition coefficient (Wildman–Crippen LogP) is 4.87. The van der Waals surface area contributed by atoms with E-state index in [0.29, 0.717) is 28.6 Å². The maximum Gasteiger partial charge on any atom is 0.410 e. The summed E-state index contributed by atoms with van der Waals surface area (Å²) >= 11 is 0. The van der Waals surface area contributed by atoms with E-state index in [-0.39, 0.29) is 25.3 Å². The zero-order chi connectivity index (χ0) is 27.5. The number of hydrogen-bond acceptors (Lipinski definition) is 5. The predicted molar refractivity (Wildman–Crippen MR) is 134 cm³/mol. The van der Waals surface area contributed by atoms with E-state index in [2.05, 4.69) is 10.4 Å². The first-order valence-corrected chi connectivity index (χ1v) is 12.7. The number of aryl methyl sites for hydroxylation is 1.